The molecule has 0 aliphatic carbocycles. The zero-order chi connectivity index (χ0) is 8.43. The predicted molar refractivity (Wildman–Crippen MR) is 45.4 cm³/mol. The van der Waals surface area contributed by atoms with E-state index in [4.69, 9.17) is 0 Å². The summed E-state index contributed by atoms with van der Waals surface area (Å²) in [5, 5.41) is 11.0. The van der Waals surface area contributed by atoms with Crippen molar-refractivity contribution in [3.05, 3.63) is 29.3 Å². The normalized spacial score (nSPS) is 10.5. The van der Waals surface area contributed by atoms with Gasteiger partial charge in [-0.05, 0) is 36.1 Å². The summed E-state index contributed by atoms with van der Waals surface area (Å²) in [6.45, 7) is 6.13. The second-order valence-corrected chi connectivity index (χ2v) is 3.23. The molecule has 59 valence electrons. The lowest BCUT2D eigenvalue weighted by Gasteiger charge is -2.05. The Balaban J connectivity index is 3.08. The van der Waals surface area contributed by atoms with E-state index in [0.717, 1.165) is 11.1 Å². The first-order chi connectivity index (χ1) is 5.09. The van der Waals surface area contributed by atoms with Gasteiger partial charge >= 0.3 is 0 Å². The van der Waals surface area contributed by atoms with Gasteiger partial charge in [0, 0.05) is 0 Å². The van der Waals surface area contributed by atoms with E-state index in [1.54, 1.807) is 12.1 Å². The SMILES string of the molecule is Cc1cc([O])cc(C(C)C)c1. The first-order valence-electron chi connectivity index (χ1n) is 3.88. The monoisotopic (exact) mass is 149 g/mol. The Morgan fingerprint density at radius 2 is 1.82 bits per heavy atom. The van der Waals surface area contributed by atoms with E-state index in [2.05, 4.69) is 19.9 Å². The molecule has 0 saturated carbocycles. The van der Waals surface area contributed by atoms with E-state index >= 15 is 0 Å². The molecule has 1 heteroatoms. The number of benzene rings is 1. The van der Waals surface area contributed by atoms with Gasteiger partial charge in [0.25, 0.3) is 0 Å². The molecule has 1 radical (unpaired) electrons. The molecular formula is C10H13O. The minimum absolute atomic E-state index is 0.119. The molecule has 0 aliphatic rings. The fourth-order valence-electron chi connectivity index (χ4n) is 1.11. The third-order valence-corrected chi connectivity index (χ3v) is 1.74. The van der Waals surface area contributed by atoms with Crippen LogP contribution in [0.3, 0.4) is 0 Å². The minimum atomic E-state index is 0.119. The highest BCUT2D eigenvalue weighted by Crippen LogP contribution is 2.21. The van der Waals surface area contributed by atoms with E-state index < -0.39 is 0 Å². The molecule has 1 aromatic carbocycles. The first kappa shape index (κ1) is 8.12. The molecule has 0 heterocycles. The third kappa shape index (κ3) is 1.97. The lowest BCUT2D eigenvalue weighted by atomic mass is 10.0. The van der Waals surface area contributed by atoms with Crippen LogP contribution in [0.2, 0.25) is 0 Å². The Morgan fingerprint density at radius 1 is 1.18 bits per heavy atom. The Hall–Kier alpha value is -0.980. The van der Waals surface area contributed by atoms with Crippen LogP contribution in [0.1, 0.15) is 30.9 Å². The smallest absolute Gasteiger partial charge is 0.179 e. The highest BCUT2D eigenvalue weighted by atomic mass is 16.3. The Bertz CT molecular complexity index is 231. The largest absolute Gasteiger partial charge is 0.290 e. The highest BCUT2D eigenvalue weighted by Gasteiger charge is 2.01. The summed E-state index contributed by atoms with van der Waals surface area (Å²) in [5.41, 5.74) is 2.19. The van der Waals surface area contributed by atoms with Crippen LogP contribution in [0.4, 0.5) is 0 Å². The van der Waals surface area contributed by atoms with Gasteiger partial charge < -0.3 is 0 Å². The van der Waals surface area contributed by atoms with Crippen molar-refractivity contribution < 1.29 is 5.11 Å². The van der Waals surface area contributed by atoms with Crippen LogP contribution in [0.15, 0.2) is 18.2 Å². The van der Waals surface area contributed by atoms with E-state index in [0.29, 0.717) is 5.92 Å². The fraction of sp³-hybridized carbons (Fsp3) is 0.400. The van der Waals surface area contributed by atoms with Crippen molar-refractivity contribution in [2.75, 3.05) is 0 Å². The quantitative estimate of drug-likeness (QED) is 0.584. The molecule has 0 bridgehead atoms. The molecule has 0 aromatic heterocycles. The van der Waals surface area contributed by atoms with Crippen LogP contribution in [0, 0.1) is 6.92 Å². The standard InChI is InChI=1S/C10H13O/c1-7(2)9-4-8(3)5-10(11)6-9/h4-7H,1-3H3. The highest BCUT2D eigenvalue weighted by molar-refractivity contribution is 5.33. The van der Waals surface area contributed by atoms with E-state index in [1.165, 1.54) is 0 Å². The second-order valence-electron chi connectivity index (χ2n) is 3.23. The molecule has 0 spiro atoms. The van der Waals surface area contributed by atoms with E-state index in [1.807, 2.05) is 6.92 Å². The zero-order valence-electron chi connectivity index (χ0n) is 7.22. The van der Waals surface area contributed by atoms with Gasteiger partial charge in [-0.15, -0.1) is 0 Å². The number of hydrogen-bond donors (Lipinski definition) is 0. The minimum Gasteiger partial charge on any atom is -0.290 e. The van der Waals surface area contributed by atoms with Crippen molar-refractivity contribution in [3.8, 4) is 5.75 Å². The molecule has 0 unspecified atom stereocenters. The molecular weight excluding hydrogens is 136 g/mol. The number of rotatable bonds is 1. The van der Waals surface area contributed by atoms with Gasteiger partial charge in [-0.2, -0.15) is 0 Å². The van der Waals surface area contributed by atoms with Gasteiger partial charge in [0.15, 0.2) is 5.75 Å². The van der Waals surface area contributed by atoms with Crippen LogP contribution >= 0.6 is 0 Å². The molecule has 11 heavy (non-hydrogen) atoms. The molecule has 1 nitrogen and oxygen atoms in total. The average molecular weight is 149 g/mol. The van der Waals surface area contributed by atoms with Crippen molar-refractivity contribution in [1.29, 1.82) is 0 Å². The summed E-state index contributed by atoms with van der Waals surface area (Å²) in [6.07, 6.45) is 0. The predicted octanol–water partition coefficient (Wildman–Crippen LogP) is 3.26. The van der Waals surface area contributed by atoms with Gasteiger partial charge in [0.05, 0.1) is 0 Å². The molecule has 1 aromatic rings. The molecule has 0 saturated heterocycles. The van der Waals surface area contributed by atoms with Crippen LogP contribution in [0.25, 0.3) is 0 Å². The van der Waals surface area contributed by atoms with Crippen LogP contribution in [-0.2, 0) is 5.11 Å². The Labute approximate surface area is 67.7 Å². The summed E-state index contributed by atoms with van der Waals surface area (Å²) < 4.78 is 0. The van der Waals surface area contributed by atoms with Gasteiger partial charge in [-0.25, -0.2) is 0 Å². The number of hydrogen-bond acceptors (Lipinski definition) is 0. The summed E-state index contributed by atoms with van der Waals surface area (Å²) >= 11 is 0. The van der Waals surface area contributed by atoms with Gasteiger partial charge in [0.2, 0.25) is 0 Å². The van der Waals surface area contributed by atoms with E-state index in [-0.39, 0.29) is 5.75 Å². The van der Waals surface area contributed by atoms with Crippen molar-refractivity contribution in [2.45, 2.75) is 26.7 Å². The van der Waals surface area contributed by atoms with Gasteiger partial charge in [-0.1, -0.05) is 19.9 Å². The summed E-state index contributed by atoms with van der Waals surface area (Å²) in [7, 11) is 0. The maximum Gasteiger partial charge on any atom is 0.179 e. The summed E-state index contributed by atoms with van der Waals surface area (Å²) in [6, 6.07) is 5.43. The maximum absolute atomic E-state index is 11.0. The van der Waals surface area contributed by atoms with Crippen LogP contribution in [0.5, 0.6) is 5.75 Å². The molecule has 0 N–H and O–H groups in total. The number of aryl methyl sites for hydroxylation is 1. The zero-order valence-corrected chi connectivity index (χ0v) is 7.22. The molecule has 0 aliphatic heterocycles. The van der Waals surface area contributed by atoms with Crippen molar-refractivity contribution in [1.82, 2.24) is 0 Å². The fourth-order valence-corrected chi connectivity index (χ4v) is 1.11. The van der Waals surface area contributed by atoms with Crippen molar-refractivity contribution in [2.24, 2.45) is 0 Å². The first-order valence-corrected chi connectivity index (χ1v) is 3.88. The maximum atomic E-state index is 11.0. The summed E-state index contributed by atoms with van der Waals surface area (Å²) in [4.78, 5) is 0. The molecule has 0 atom stereocenters. The van der Waals surface area contributed by atoms with Crippen LogP contribution < -0.4 is 0 Å². The van der Waals surface area contributed by atoms with Gasteiger partial charge in [0.1, 0.15) is 0 Å². The topological polar surface area (TPSA) is 19.9 Å². The second kappa shape index (κ2) is 2.95. The molecule has 0 amide bonds. The lowest BCUT2D eigenvalue weighted by molar-refractivity contribution is 0.354. The van der Waals surface area contributed by atoms with E-state index in [9.17, 15) is 5.11 Å². The summed E-state index contributed by atoms with van der Waals surface area (Å²) in [5.74, 6) is 0.566. The van der Waals surface area contributed by atoms with Crippen LogP contribution in [-0.4, -0.2) is 0 Å². The van der Waals surface area contributed by atoms with Gasteiger partial charge in [-0.3, -0.25) is 5.11 Å². The molecule has 0 fully saturated rings. The van der Waals surface area contributed by atoms with Crippen molar-refractivity contribution >= 4 is 0 Å². The average Bonchev–Trinajstić information content (AvgIpc) is 1.85. The Morgan fingerprint density at radius 3 is 2.27 bits per heavy atom. The lowest BCUT2D eigenvalue weighted by Crippen LogP contribution is -1.86. The molecule has 1 rings (SSSR count). The Kier molecular flexibility index (Phi) is 2.18. The van der Waals surface area contributed by atoms with Crippen molar-refractivity contribution in [3.63, 3.8) is 0 Å². The third-order valence-electron chi connectivity index (χ3n) is 1.74.